The van der Waals surface area contributed by atoms with Crippen LogP contribution in [0.25, 0.3) is 11.2 Å². The number of anilines is 1. The largest absolute Gasteiger partial charge is 0.395 e. The van der Waals surface area contributed by atoms with Crippen molar-refractivity contribution in [3.63, 3.8) is 0 Å². The van der Waals surface area contributed by atoms with Crippen LogP contribution >= 0.6 is 22.6 Å². The van der Waals surface area contributed by atoms with Crippen LogP contribution in [-0.4, -0.2) is 70.7 Å². The molecule has 3 rings (SSSR count). The van der Waals surface area contributed by atoms with Gasteiger partial charge in [-0.25, -0.2) is 15.0 Å². The molecule has 4 N–H and O–H groups in total. The van der Waals surface area contributed by atoms with Crippen LogP contribution in [0.5, 0.6) is 0 Å². The summed E-state index contributed by atoms with van der Waals surface area (Å²) in [7, 11) is 0. The van der Waals surface area contributed by atoms with Gasteiger partial charge in [0.2, 0.25) is 0 Å². The van der Waals surface area contributed by atoms with E-state index in [0.717, 1.165) is 0 Å². The van der Waals surface area contributed by atoms with Crippen molar-refractivity contribution in [2.75, 3.05) is 22.9 Å². The van der Waals surface area contributed by atoms with Gasteiger partial charge < -0.3 is 25.4 Å². The molecule has 1 aliphatic heterocycles. The molecule has 0 spiro atoms. The lowest BCUT2D eigenvalue weighted by molar-refractivity contribution is -0.0283. The lowest BCUT2D eigenvalue weighted by Gasteiger charge is -2.16. The predicted molar refractivity (Wildman–Crippen MR) is 85.7 cm³/mol. The highest BCUT2D eigenvalue weighted by molar-refractivity contribution is 14.1. The zero-order valence-electron chi connectivity index (χ0n) is 11.5. The fraction of sp³-hybridized carbons (Fsp3) is 0.583. The van der Waals surface area contributed by atoms with Crippen molar-refractivity contribution in [1.82, 2.24) is 19.5 Å². The third-order valence-corrected chi connectivity index (χ3v) is 4.39. The van der Waals surface area contributed by atoms with Crippen molar-refractivity contribution in [3.8, 4) is 0 Å². The van der Waals surface area contributed by atoms with Crippen LogP contribution in [0.3, 0.4) is 0 Å². The monoisotopic (exact) mass is 421 g/mol. The summed E-state index contributed by atoms with van der Waals surface area (Å²) in [5.41, 5.74) is 1.000. The minimum atomic E-state index is -1.05. The number of imidazole rings is 1. The van der Waals surface area contributed by atoms with Gasteiger partial charge >= 0.3 is 0 Å². The van der Waals surface area contributed by atoms with Crippen molar-refractivity contribution >= 4 is 39.6 Å². The van der Waals surface area contributed by atoms with Crippen LogP contribution in [0.1, 0.15) is 6.23 Å². The molecule has 0 saturated carbocycles. The maximum Gasteiger partial charge on any atom is 0.167 e. The topological polar surface area (TPSA) is 126 Å². The highest BCUT2D eigenvalue weighted by Gasteiger charge is 2.43. The molecule has 1 aliphatic rings. The number of aliphatic hydroxyl groups is 3. The van der Waals surface area contributed by atoms with E-state index in [2.05, 4.69) is 42.9 Å². The molecule has 1 saturated heterocycles. The average Bonchev–Trinajstić information content (AvgIpc) is 3.08. The number of fused-ring (bicyclic) bond motifs is 1. The van der Waals surface area contributed by atoms with Gasteiger partial charge in [-0.3, -0.25) is 4.57 Å². The Labute approximate surface area is 139 Å². The number of alkyl halides is 1. The first-order chi connectivity index (χ1) is 10.7. The lowest BCUT2D eigenvalue weighted by Crippen LogP contribution is -2.32. The van der Waals surface area contributed by atoms with E-state index in [9.17, 15) is 10.2 Å². The fourth-order valence-corrected chi connectivity index (χ4v) is 3.16. The summed E-state index contributed by atoms with van der Waals surface area (Å²) in [5, 5.41) is 32.0. The minimum Gasteiger partial charge on any atom is -0.395 e. The Bertz CT molecular complexity index is 653. The Hall–Kier alpha value is -1.08. The normalized spacial score (nSPS) is 28.4. The number of rotatable bonds is 5. The number of nitrogens with zero attached hydrogens (tertiary/aromatic N) is 4. The Morgan fingerprint density at radius 2 is 2.09 bits per heavy atom. The summed E-state index contributed by atoms with van der Waals surface area (Å²) in [6.45, 7) is 0.317. The van der Waals surface area contributed by atoms with Crippen LogP contribution in [0, 0.1) is 0 Å². The Balaban J connectivity index is 1.95. The van der Waals surface area contributed by atoms with E-state index in [1.165, 1.54) is 12.7 Å². The van der Waals surface area contributed by atoms with E-state index in [4.69, 9.17) is 9.84 Å². The quantitative estimate of drug-likeness (QED) is 0.369. The molecular weight excluding hydrogens is 405 g/mol. The molecule has 120 valence electrons. The summed E-state index contributed by atoms with van der Waals surface area (Å²) >= 11 is 2.10. The molecule has 0 aliphatic carbocycles. The zero-order chi connectivity index (χ0) is 15.7. The first kappa shape index (κ1) is 15.8. The van der Waals surface area contributed by atoms with Gasteiger partial charge in [0.1, 0.15) is 18.5 Å². The number of aromatic nitrogens is 4. The molecule has 2 aromatic rings. The summed E-state index contributed by atoms with van der Waals surface area (Å²) in [6.07, 6.45) is -0.325. The highest BCUT2D eigenvalue weighted by Crippen LogP contribution is 2.32. The molecule has 0 bridgehead atoms. The molecule has 1 fully saturated rings. The van der Waals surface area contributed by atoms with Crippen LogP contribution < -0.4 is 5.32 Å². The van der Waals surface area contributed by atoms with E-state index in [1.54, 1.807) is 4.57 Å². The Kier molecular flexibility index (Phi) is 4.73. The molecule has 0 unspecified atom stereocenters. The molecule has 2 aromatic heterocycles. The van der Waals surface area contributed by atoms with Crippen molar-refractivity contribution in [2.24, 2.45) is 0 Å². The first-order valence-electron chi connectivity index (χ1n) is 6.77. The van der Waals surface area contributed by atoms with E-state index in [0.29, 0.717) is 28.0 Å². The Morgan fingerprint density at radius 1 is 1.27 bits per heavy atom. The van der Waals surface area contributed by atoms with E-state index in [-0.39, 0.29) is 6.61 Å². The summed E-state index contributed by atoms with van der Waals surface area (Å²) in [4.78, 5) is 12.5. The number of hydrogen-bond donors (Lipinski definition) is 4. The second-order valence-electron chi connectivity index (χ2n) is 4.90. The summed E-state index contributed by atoms with van der Waals surface area (Å²) < 4.78 is 7.85. The molecular formula is C12H16IN5O4. The van der Waals surface area contributed by atoms with E-state index in [1.807, 2.05) is 0 Å². The third-order valence-electron chi connectivity index (χ3n) is 3.53. The lowest BCUT2D eigenvalue weighted by atomic mass is 10.1. The molecule has 22 heavy (non-hydrogen) atoms. The standard InChI is InChI=1S/C12H16IN5O4/c13-3-6-8(20)9(21)12(22-6)18-5-17-7-10(14-1-2-19)15-4-16-11(7)18/h4-6,8-9,12,19-21H,1-3H2,(H,14,15,16)/t6-,8-,9-,12-/m1/s1. The van der Waals surface area contributed by atoms with Crippen molar-refractivity contribution in [2.45, 2.75) is 24.5 Å². The van der Waals surface area contributed by atoms with Crippen molar-refractivity contribution < 1.29 is 20.1 Å². The summed E-state index contributed by atoms with van der Waals surface area (Å²) in [6, 6.07) is 0. The number of aliphatic hydroxyl groups excluding tert-OH is 3. The number of hydrogen-bond acceptors (Lipinski definition) is 8. The SMILES string of the molecule is OCCNc1ncnc2c1ncn2[C@@H]1O[C@H](CI)[C@@H](O)[C@H]1O. The molecule has 0 radical (unpaired) electrons. The predicted octanol–water partition coefficient (Wildman–Crippen LogP) is -0.715. The number of nitrogens with one attached hydrogen (secondary N) is 1. The van der Waals surface area contributed by atoms with E-state index >= 15 is 0 Å². The molecule has 0 aromatic carbocycles. The molecule has 10 heteroatoms. The highest BCUT2D eigenvalue weighted by atomic mass is 127. The van der Waals surface area contributed by atoms with Gasteiger partial charge in [0, 0.05) is 11.0 Å². The molecule has 0 amide bonds. The summed E-state index contributed by atoms with van der Waals surface area (Å²) in [5.74, 6) is 0.497. The first-order valence-corrected chi connectivity index (χ1v) is 8.29. The van der Waals surface area contributed by atoms with Crippen molar-refractivity contribution in [3.05, 3.63) is 12.7 Å². The molecule has 4 atom stereocenters. The van der Waals surface area contributed by atoms with Gasteiger partial charge in [0.05, 0.1) is 19.0 Å². The van der Waals surface area contributed by atoms with Gasteiger partial charge in [-0.05, 0) is 0 Å². The van der Waals surface area contributed by atoms with E-state index < -0.39 is 24.5 Å². The maximum absolute atomic E-state index is 10.2. The van der Waals surface area contributed by atoms with Crippen LogP contribution in [-0.2, 0) is 4.74 Å². The second kappa shape index (κ2) is 6.58. The fourth-order valence-electron chi connectivity index (χ4n) is 2.43. The van der Waals surface area contributed by atoms with Gasteiger partial charge in [-0.1, -0.05) is 22.6 Å². The molecule has 9 nitrogen and oxygen atoms in total. The number of halogens is 1. The van der Waals surface area contributed by atoms with Gasteiger partial charge in [-0.2, -0.15) is 0 Å². The Morgan fingerprint density at radius 3 is 2.77 bits per heavy atom. The van der Waals surface area contributed by atoms with Gasteiger partial charge in [0.25, 0.3) is 0 Å². The number of ether oxygens (including phenoxy) is 1. The minimum absolute atomic E-state index is 0.0276. The third kappa shape index (κ3) is 2.65. The van der Waals surface area contributed by atoms with Crippen LogP contribution in [0.15, 0.2) is 12.7 Å². The van der Waals surface area contributed by atoms with Gasteiger partial charge in [0.15, 0.2) is 23.2 Å². The molecule has 3 heterocycles. The van der Waals surface area contributed by atoms with Crippen LogP contribution in [0.4, 0.5) is 5.82 Å². The van der Waals surface area contributed by atoms with Crippen molar-refractivity contribution in [1.29, 1.82) is 0 Å². The van der Waals surface area contributed by atoms with Crippen LogP contribution in [0.2, 0.25) is 0 Å². The van der Waals surface area contributed by atoms with Gasteiger partial charge in [-0.15, -0.1) is 0 Å². The zero-order valence-corrected chi connectivity index (χ0v) is 13.7. The second-order valence-corrected chi connectivity index (χ2v) is 5.78. The smallest absolute Gasteiger partial charge is 0.167 e. The average molecular weight is 421 g/mol. The maximum atomic E-state index is 10.2.